The lowest BCUT2D eigenvalue weighted by Gasteiger charge is -2.13. The molecule has 0 amide bonds. The van der Waals surface area contributed by atoms with Crippen molar-refractivity contribution >= 4 is 5.97 Å². The Labute approximate surface area is 129 Å². The number of benzene rings is 1. The number of alkyl halides is 3. The van der Waals surface area contributed by atoms with Crippen LogP contribution in [0.25, 0.3) is 11.3 Å². The van der Waals surface area contributed by atoms with Gasteiger partial charge in [0.2, 0.25) is 0 Å². The van der Waals surface area contributed by atoms with Gasteiger partial charge in [-0.25, -0.2) is 0 Å². The number of rotatable bonds is 6. The number of nitrogens with zero attached hydrogens (tertiary/aromatic N) is 1. The number of carboxylic acid groups (broad SMARTS) is 1. The highest BCUT2D eigenvalue weighted by Crippen LogP contribution is 2.39. The molecule has 0 atom stereocenters. The van der Waals surface area contributed by atoms with Crippen LogP contribution in [0.15, 0.2) is 28.8 Å². The molecule has 0 fully saturated rings. The van der Waals surface area contributed by atoms with Crippen LogP contribution in [0.4, 0.5) is 13.2 Å². The normalized spacial score (nSPS) is 11.5. The van der Waals surface area contributed by atoms with E-state index >= 15 is 0 Å². The lowest BCUT2D eigenvalue weighted by Crippen LogP contribution is -2.24. The summed E-state index contributed by atoms with van der Waals surface area (Å²) >= 11 is 0. The molecule has 124 valence electrons. The number of hydrogen-bond acceptors (Lipinski definition) is 5. The molecule has 5 nitrogen and oxygen atoms in total. The van der Waals surface area contributed by atoms with Gasteiger partial charge in [0.05, 0.1) is 12.2 Å². The Morgan fingerprint density at radius 2 is 2.09 bits per heavy atom. The van der Waals surface area contributed by atoms with Crippen molar-refractivity contribution in [2.24, 2.45) is 0 Å². The summed E-state index contributed by atoms with van der Waals surface area (Å²) in [6.07, 6.45) is -4.51. The summed E-state index contributed by atoms with van der Waals surface area (Å²) in [4.78, 5) is 10.5. The summed E-state index contributed by atoms with van der Waals surface area (Å²) in [5.74, 6) is -1.40. The number of carbonyl (C=O) groups is 1. The second-order valence-electron chi connectivity index (χ2n) is 4.78. The van der Waals surface area contributed by atoms with Crippen molar-refractivity contribution in [1.29, 1.82) is 0 Å². The van der Waals surface area contributed by atoms with E-state index in [2.05, 4.69) is 5.16 Å². The average Bonchev–Trinajstić information content (AvgIpc) is 2.91. The van der Waals surface area contributed by atoms with Crippen LogP contribution >= 0.6 is 0 Å². The van der Waals surface area contributed by atoms with E-state index in [0.29, 0.717) is 13.0 Å². The minimum atomic E-state index is -4.62. The minimum absolute atomic E-state index is 0.0839. The van der Waals surface area contributed by atoms with E-state index in [1.54, 1.807) is 0 Å². The van der Waals surface area contributed by atoms with Gasteiger partial charge in [0.1, 0.15) is 17.2 Å². The third-order valence-corrected chi connectivity index (χ3v) is 2.92. The van der Waals surface area contributed by atoms with Crippen LogP contribution in [0.5, 0.6) is 5.75 Å². The Bertz CT molecular complexity index is 694. The van der Waals surface area contributed by atoms with Gasteiger partial charge in [0.25, 0.3) is 0 Å². The van der Waals surface area contributed by atoms with Crippen LogP contribution in [-0.2, 0) is 17.4 Å². The van der Waals surface area contributed by atoms with Gasteiger partial charge >= 0.3 is 6.18 Å². The monoisotopic (exact) mass is 328 g/mol. The third kappa shape index (κ3) is 4.24. The molecule has 0 radical (unpaired) electrons. The van der Waals surface area contributed by atoms with Crippen LogP contribution < -0.4 is 9.84 Å². The first-order valence-electron chi connectivity index (χ1n) is 6.81. The van der Waals surface area contributed by atoms with Gasteiger partial charge < -0.3 is 19.2 Å². The number of aliphatic carboxylic acids is 1. The number of halogens is 3. The van der Waals surface area contributed by atoms with Gasteiger partial charge in [-0.15, -0.1) is 0 Å². The largest absolute Gasteiger partial charge is 0.550 e. The maximum atomic E-state index is 13.2. The van der Waals surface area contributed by atoms with Crippen molar-refractivity contribution < 1.29 is 32.3 Å². The molecule has 0 spiro atoms. The lowest BCUT2D eigenvalue weighted by molar-refractivity contribution is -0.305. The SMILES string of the molecule is CCCOc1ccc(-c2cc(CC(=O)[O-])on2)c(C(F)(F)F)c1. The molecule has 0 aliphatic rings. The van der Waals surface area contributed by atoms with Gasteiger partial charge in [-0.3, -0.25) is 0 Å². The molecule has 0 saturated heterocycles. The first-order valence-corrected chi connectivity index (χ1v) is 6.81. The van der Waals surface area contributed by atoms with Gasteiger partial charge in [-0.2, -0.15) is 13.2 Å². The van der Waals surface area contributed by atoms with E-state index in [1.165, 1.54) is 12.1 Å². The minimum Gasteiger partial charge on any atom is -0.550 e. The topological polar surface area (TPSA) is 75.4 Å². The number of hydrogen-bond donors (Lipinski definition) is 0. The van der Waals surface area contributed by atoms with Crippen molar-refractivity contribution in [3.8, 4) is 17.0 Å². The zero-order valence-electron chi connectivity index (χ0n) is 12.1. The Morgan fingerprint density at radius 3 is 2.70 bits per heavy atom. The molecule has 0 N–H and O–H groups in total. The Balaban J connectivity index is 2.40. The molecule has 1 heterocycles. The van der Waals surface area contributed by atoms with Crippen molar-refractivity contribution in [3.63, 3.8) is 0 Å². The van der Waals surface area contributed by atoms with E-state index in [9.17, 15) is 23.1 Å². The fourth-order valence-corrected chi connectivity index (χ4v) is 1.96. The van der Waals surface area contributed by atoms with Gasteiger partial charge in [-0.1, -0.05) is 12.1 Å². The van der Waals surface area contributed by atoms with Gasteiger partial charge in [0.15, 0.2) is 0 Å². The highest BCUT2D eigenvalue weighted by molar-refractivity contribution is 5.69. The summed E-state index contributed by atoms with van der Waals surface area (Å²) in [6, 6.07) is 4.65. The number of ether oxygens (including phenoxy) is 1. The van der Waals surface area contributed by atoms with Crippen LogP contribution in [0.3, 0.4) is 0 Å². The van der Waals surface area contributed by atoms with Crippen molar-refractivity contribution in [2.45, 2.75) is 25.9 Å². The first-order chi connectivity index (χ1) is 10.8. The molecule has 2 aromatic rings. The molecular formula is C15H13F3NO4-. The van der Waals surface area contributed by atoms with E-state index in [1.807, 2.05) is 6.92 Å². The van der Waals surface area contributed by atoms with Crippen molar-refractivity contribution in [1.82, 2.24) is 5.16 Å². The number of carbonyl (C=O) groups excluding carboxylic acids is 1. The molecule has 0 bridgehead atoms. The Hall–Kier alpha value is -2.51. The zero-order chi connectivity index (χ0) is 17.0. The second-order valence-corrected chi connectivity index (χ2v) is 4.78. The van der Waals surface area contributed by atoms with E-state index in [0.717, 1.165) is 12.1 Å². The highest BCUT2D eigenvalue weighted by Gasteiger charge is 2.35. The quantitative estimate of drug-likeness (QED) is 0.814. The lowest BCUT2D eigenvalue weighted by atomic mass is 10.0. The number of carboxylic acids is 1. The standard InChI is InChI=1S/C15H14F3NO4/c1-2-5-22-9-3-4-11(12(6-9)15(16,17)18)13-7-10(23-19-13)8-14(20)21/h3-4,6-7H,2,5,8H2,1H3,(H,20,21)/p-1. The molecule has 23 heavy (non-hydrogen) atoms. The molecule has 1 aromatic heterocycles. The maximum absolute atomic E-state index is 13.2. The van der Waals surface area contributed by atoms with Crippen LogP contribution in [0.2, 0.25) is 0 Å². The third-order valence-electron chi connectivity index (χ3n) is 2.92. The predicted molar refractivity (Wildman–Crippen MR) is 71.4 cm³/mol. The molecule has 1 aromatic carbocycles. The van der Waals surface area contributed by atoms with Crippen LogP contribution in [0.1, 0.15) is 24.7 Å². The van der Waals surface area contributed by atoms with Gasteiger partial charge in [0, 0.05) is 24.0 Å². The predicted octanol–water partition coefficient (Wildman–Crippen LogP) is 2.44. The Kier molecular flexibility index (Phi) is 4.92. The summed E-state index contributed by atoms with van der Waals surface area (Å²) in [5, 5.41) is 14.0. The molecule has 2 rings (SSSR count). The van der Waals surface area contributed by atoms with E-state index < -0.39 is 24.1 Å². The van der Waals surface area contributed by atoms with Crippen molar-refractivity contribution in [2.75, 3.05) is 6.61 Å². The van der Waals surface area contributed by atoms with E-state index in [-0.39, 0.29) is 22.8 Å². The average molecular weight is 328 g/mol. The molecule has 0 unspecified atom stereocenters. The maximum Gasteiger partial charge on any atom is 0.417 e. The molecular weight excluding hydrogens is 315 g/mol. The molecule has 8 heteroatoms. The van der Waals surface area contributed by atoms with Crippen LogP contribution in [0, 0.1) is 0 Å². The molecule has 0 aliphatic heterocycles. The smallest absolute Gasteiger partial charge is 0.417 e. The highest BCUT2D eigenvalue weighted by atomic mass is 19.4. The summed E-state index contributed by atoms with van der Waals surface area (Å²) in [6.45, 7) is 2.14. The number of aromatic nitrogens is 1. The fraction of sp³-hybridized carbons (Fsp3) is 0.333. The summed E-state index contributed by atoms with van der Waals surface area (Å²) < 4.78 is 49.6. The molecule has 0 saturated carbocycles. The van der Waals surface area contributed by atoms with Crippen molar-refractivity contribution in [3.05, 3.63) is 35.6 Å². The first kappa shape index (κ1) is 16.9. The van der Waals surface area contributed by atoms with Crippen LogP contribution in [-0.4, -0.2) is 17.7 Å². The second kappa shape index (κ2) is 6.72. The summed E-state index contributed by atoms with van der Waals surface area (Å²) in [7, 11) is 0. The molecule has 0 aliphatic carbocycles. The zero-order valence-corrected chi connectivity index (χ0v) is 12.1. The Morgan fingerprint density at radius 1 is 1.35 bits per heavy atom. The summed E-state index contributed by atoms with van der Waals surface area (Å²) in [5.41, 5.74) is -1.25. The fourth-order valence-electron chi connectivity index (χ4n) is 1.96. The van der Waals surface area contributed by atoms with E-state index in [4.69, 9.17) is 9.26 Å². The van der Waals surface area contributed by atoms with Gasteiger partial charge in [-0.05, 0) is 24.6 Å².